The van der Waals surface area contributed by atoms with Crippen LogP contribution in [0.2, 0.25) is 0 Å². The van der Waals surface area contributed by atoms with Crippen LogP contribution in [0.3, 0.4) is 0 Å². The molecular weight excluding hydrogens is 86.1 g/mol. The molecule has 0 amide bonds. The van der Waals surface area contributed by atoms with Gasteiger partial charge in [-0.3, -0.25) is 0 Å². The molecule has 0 aliphatic carbocycles. The standard InChI is InChI=1S/C6H13N/c1-6(2)7(3,4)5/h1-2H2,3-5H3/q+1. The van der Waals surface area contributed by atoms with Crippen LogP contribution in [0.15, 0.2) is 12.3 Å². The Hall–Kier alpha value is -0.300. The molecule has 0 rings (SSSR count). The lowest BCUT2D eigenvalue weighted by Crippen LogP contribution is -2.31. The van der Waals surface area contributed by atoms with Gasteiger partial charge in [-0.25, -0.2) is 0 Å². The summed E-state index contributed by atoms with van der Waals surface area (Å²) in [5, 5.41) is 0. The van der Waals surface area contributed by atoms with Gasteiger partial charge < -0.3 is 4.48 Å². The third-order valence-electron chi connectivity index (χ3n) is 0.949. The molecule has 0 spiro atoms. The van der Waals surface area contributed by atoms with E-state index < -0.39 is 0 Å². The molecule has 0 bridgehead atoms. The summed E-state index contributed by atoms with van der Waals surface area (Å²) >= 11 is 0. The minimum Gasteiger partial charge on any atom is -0.302 e. The van der Waals surface area contributed by atoms with Crippen LogP contribution in [0.1, 0.15) is 0 Å². The van der Waals surface area contributed by atoms with Gasteiger partial charge in [-0.2, -0.15) is 0 Å². The van der Waals surface area contributed by atoms with Crippen LogP contribution in [-0.4, -0.2) is 25.6 Å². The fourth-order valence-electron chi connectivity index (χ4n) is 0. The summed E-state index contributed by atoms with van der Waals surface area (Å²) < 4.78 is 0.750. The van der Waals surface area contributed by atoms with Gasteiger partial charge in [0.15, 0.2) is 0 Å². The van der Waals surface area contributed by atoms with Crippen molar-refractivity contribution in [2.24, 2.45) is 0 Å². The SMILES string of the molecule is [CH2]C(=C)[N+](C)(C)C. The molecular formula is C6H13N+. The number of allylic oxidation sites excluding steroid dienone is 1. The molecule has 0 aromatic carbocycles. The summed E-state index contributed by atoms with van der Waals surface area (Å²) in [6.07, 6.45) is 0. The average Bonchev–Trinajstić information content (AvgIpc) is 1.31. The van der Waals surface area contributed by atoms with Gasteiger partial charge in [0.2, 0.25) is 0 Å². The highest BCUT2D eigenvalue weighted by Crippen LogP contribution is 1.99. The van der Waals surface area contributed by atoms with Gasteiger partial charge in [0, 0.05) is 6.92 Å². The van der Waals surface area contributed by atoms with E-state index in [0.29, 0.717) is 0 Å². The summed E-state index contributed by atoms with van der Waals surface area (Å²) in [6.45, 7) is 7.38. The van der Waals surface area contributed by atoms with Crippen LogP contribution in [0.25, 0.3) is 0 Å². The Morgan fingerprint density at radius 3 is 1.43 bits per heavy atom. The van der Waals surface area contributed by atoms with E-state index in [1.165, 1.54) is 0 Å². The van der Waals surface area contributed by atoms with Crippen LogP contribution in [-0.2, 0) is 0 Å². The van der Waals surface area contributed by atoms with Crippen molar-refractivity contribution in [1.29, 1.82) is 0 Å². The highest BCUT2D eigenvalue weighted by Gasteiger charge is 2.05. The zero-order valence-electron chi connectivity index (χ0n) is 5.36. The number of nitrogens with zero attached hydrogens (tertiary/aromatic N) is 1. The topological polar surface area (TPSA) is 0 Å². The first kappa shape index (κ1) is 6.70. The lowest BCUT2D eigenvalue weighted by Gasteiger charge is -2.22. The van der Waals surface area contributed by atoms with Crippen molar-refractivity contribution in [2.75, 3.05) is 21.1 Å². The van der Waals surface area contributed by atoms with Gasteiger partial charge in [-0.05, 0) is 6.58 Å². The minimum absolute atomic E-state index is 0.750. The first-order valence-electron chi connectivity index (χ1n) is 2.27. The molecule has 0 aliphatic heterocycles. The second-order valence-electron chi connectivity index (χ2n) is 2.58. The van der Waals surface area contributed by atoms with Crippen molar-refractivity contribution in [3.63, 3.8) is 0 Å². The molecule has 0 aliphatic rings. The first-order chi connectivity index (χ1) is 2.94. The molecule has 7 heavy (non-hydrogen) atoms. The molecule has 1 radical (unpaired) electrons. The van der Waals surface area contributed by atoms with Crippen LogP contribution in [0, 0.1) is 6.92 Å². The normalized spacial score (nSPS) is 11.4. The third-order valence-corrected chi connectivity index (χ3v) is 0.949. The molecule has 0 heterocycles. The molecule has 0 atom stereocenters. The molecule has 1 heteroatoms. The Morgan fingerprint density at radius 1 is 1.29 bits per heavy atom. The maximum atomic E-state index is 3.69. The number of hydrogen-bond acceptors (Lipinski definition) is 0. The molecule has 0 unspecified atom stereocenters. The molecule has 0 saturated carbocycles. The third kappa shape index (κ3) is 2.40. The second-order valence-corrected chi connectivity index (χ2v) is 2.58. The smallest absolute Gasteiger partial charge is 0.101 e. The predicted octanol–water partition coefficient (Wildman–Crippen LogP) is 1.04. The maximum absolute atomic E-state index is 3.69. The lowest BCUT2D eigenvalue weighted by atomic mass is 10.4. The molecule has 0 N–H and O–H groups in total. The molecule has 0 saturated heterocycles. The van der Waals surface area contributed by atoms with Crippen LogP contribution >= 0.6 is 0 Å². The van der Waals surface area contributed by atoms with Crippen LogP contribution in [0.4, 0.5) is 0 Å². The summed E-state index contributed by atoms with van der Waals surface area (Å²) in [4.78, 5) is 0. The maximum Gasteiger partial charge on any atom is 0.101 e. The summed E-state index contributed by atoms with van der Waals surface area (Å²) in [5.41, 5.74) is 0.931. The van der Waals surface area contributed by atoms with E-state index in [4.69, 9.17) is 0 Å². The van der Waals surface area contributed by atoms with Gasteiger partial charge in [-0.1, -0.05) is 0 Å². The van der Waals surface area contributed by atoms with Crippen molar-refractivity contribution in [1.82, 2.24) is 0 Å². The minimum atomic E-state index is 0.750. The van der Waals surface area contributed by atoms with E-state index >= 15 is 0 Å². The largest absolute Gasteiger partial charge is 0.302 e. The van der Waals surface area contributed by atoms with E-state index in [1.54, 1.807) is 0 Å². The molecule has 0 aromatic heterocycles. The molecule has 1 nitrogen and oxygen atoms in total. The van der Waals surface area contributed by atoms with Crippen molar-refractivity contribution in [2.45, 2.75) is 0 Å². The first-order valence-corrected chi connectivity index (χ1v) is 2.27. The summed E-state index contributed by atoms with van der Waals surface area (Å²) in [6, 6.07) is 0. The van der Waals surface area contributed by atoms with Gasteiger partial charge in [0.05, 0.1) is 21.1 Å². The zero-order valence-corrected chi connectivity index (χ0v) is 5.36. The molecule has 0 fully saturated rings. The number of rotatable bonds is 1. The Bertz CT molecular complexity index is 76.7. The lowest BCUT2D eigenvalue weighted by molar-refractivity contribution is -0.828. The Labute approximate surface area is 45.8 Å². The van der Waals surface area contributed by atoms with Crippen molar-refractivity contribution >= 4 is 0 Å². The highest BCUT2D eigenvalue weighted by atomic mass is 15.3. The second kappa shape index (κ2) is 1.66. The van der Waals surface area contributed by atoms with Crippen LogP contribution < -0.4 is 0 Å². The van der Waals surface area contributed by atoms with Gasteiger partial charge in [0.25, 0.3) is 0 Å². The van der Waals surface area contributed by atoms with E-state index in [0.717, 1.165) is 10.2 Å². The summed E-state index contributed by atoms with van der Waals surface area (Å²) in [5.74, 6) is 0. The zero-order chi connectivity index (χ0) is 6.08. The van der Waals surface area contributed by atoms with E-state index in [2.05, 4.69) is 13.5 Å². The van der Waals surface area contributed by atoms with Crippen molar-refractivity contribution in [3.05, 3.63) is 19.2 Å². The average molecular weight is 99.2 g/mol. The van der Waals surface area contributed by atoms with E-state index in [9.17, 15) is 0 Å². The fourth-order valence-corrected chi connectivity index (χ4v) is 0. The molecule has 0 aromatic rings. The summed E-state index contributed by atoms with van der Waals surface area (Å²) in [7, 11) is 6.11. The monoisotopic (exact) mass is 99.1 g/mol. The Kier molecular flexibility index (Phi) is 1.59. The fraction of sp³-hybridized carbons (Fsp3) is 0.500. The highest BCUT2D eigenvalue weighted by molar-refractivity contribution is 4.84. The van der Waals surface area contributed by atoms with Crippen LogP contribution in [0.5, 0.6) is 0 Å². The molecule has 41 valence electrons. The van der Waals surface area contributed by atoms with E-state index in [-0.39, 0.29) is 0 Å². The predicted molar refractivity (Wildman–Crippen MR) is 32.5 cm³/mol. The van der Waals surface area contributed by atoms with Gasteiger partial charge >= 0.3 is 0 Å². The van der Waals surface area contributed by atoms with Gasteiger partial charge in [0.1, 0.15) is 5.70 Å². The van der Waals surface area contributed by atoms with Crippen molar-refractivity contribution in [3.8, 4) is 0 Å². The Balaban J connectivity index is 3.79. The quantitative estimate of drug-likeness (QED) is 0.431. The number of quaternary nitrogens is 1. The van der Waals surface area contributed by atoms with Gasteiger partial charge in [-0.15, -0.1) is 0 Å². The van der Waals surface area contributed by atoms with Crippen molar-refractivity contribution < 1.29 is 4.48 Å². The number of hydrogen-bond donors (Lipinski definition) is 0. The van der Waals surface area contributed by atoms with E-state index in [1.807, 2.05) is 21.1 Å². The Morgan fingerprint density at radius 2 is 1.43 bits per heavy atom.